The first-order valence-corrected chi connectivity index (χ1v) is 6.91. The Morgan fingerprint density at radius 3 is 2.65 bits per heavy atom. The van der Waals surface area contributed by atoms with Crippen molar-refractivity contribution in [2.45, 2.75) is 6.54 Å². The molecule has 0 atom stereocenters. The van der Waals surface area contributed by atoms with Crippen LogP contribution in [0.2, 0.25) is 0 Å². The van der Waals surface area contributed by atoms with Crippen molar-refractivity contribution in [1.82, 2.24) is 5.32 Å². The Labute approximate surface area is 133 Å². The van der Waals surface area contributed by atoms with Crippen LogP contribution in [0.4, 0.5) is 4.39 Å². The number of nitrogens with one attached hydrogen (secondary N) is 1. The van der Waals surface area contributed by atoms with E-state index in [4.69, 9.17) is 10.00 Å². The fourth-order valence-electron chi connectivity index (χ4n) is 1.96. The summed E-state index contributed by atoms with van der Waals surface area (Å²) in [5, 5.41) is 11.8. The van der Waals surface area contributed by atoms with Crippen LogP contribution in [0.5, 0.6) is 5.75 Å². The van der Waals surface area contributed by atoms with Crippen molar-refractivity contribution in [1.29, 1.82) is 5.26 Å². The molecule has 0 radical (unpaired) electrons. The van der Waals surface area contributed by atoms with Crippen molar-refractivity contribution in [2.75, 3.05) is 7.11 Å². The predicted octanol–water partition coefficient (Wildman–Crippen LogP) is 3.06. The molecular formula is C18H15FN2O2. The molecule has 1 N–H and O–H groups in total. The minimum absolute atomic E-state index is 0.0921. The molecule has 0 aliphatic carbocycles. The summed E-state index contributed by atoms with van der Waals surface area (Å²) in [4.78, 5) is 12.0. The van der Waals surface area contributed by atoms with Crippen molar-refractivity contribution in [3.63, 3.8) is 0 Å². The summed E-state index contributed by atoms with van der Waals surface area (Å²) in [6.45, 7) is 0.315. The molecule has 0 aliphatic heterocycles. The fraction of sp³-hybridized carbons (Fsp3) is 0.111. The van der Waals surface area contributed by atoms with Gasteiger partial charge in [-0.2, -0.15) is 5.26 Å². The predicted molar refractivity (Wildman–Crippen MR) is 84.8 cm³/mol. The zero-order chi connectivity index (χ0) is 16.7. The van der Waals surface area contributed by atoms with E-state index in [0.29, 0.717) is 12.1 Å². The number of hydrogen-bond donors (Lipinski definition) is 1. The molecule has 0 spiro atoms. The van der Waals surface area contributed by atoms with Gasteiger partial charge in [0.1, 0.15) is 11.6 Å². The van der Waals surface area contributed by atoms with Crippen LogP contribution < -0.4 is 10.1 Å². The molecular weight excluding hydrogens is 295 g/mol. The molecule has 2 rings (SSSR count). The van der Waals surface area contributed by atoms with Crippen molar-refractivity contribution in [2.24, 2.45) is 0 Å². The molecule has 5 heteroatoms. The van der Waals surface area contributed by atoms with Gasteiger partial charge in [0, 0.05) is 6.54 Å². The molecule has 1 amide bonds. The van der Waals surface area contributed by atoms with E-state index in [1.165, 1.54) is 25.3 Å². The average molecular weight is 310 g/mol. The normalized spacial score (nSPS) is 10.7. The average Bonchev–Trinajstić information content (AvgIpc) is 2.58. The lowest BCUT2D eigenvalue weighted by molar-refractivity contribution is -0.117. The van der Waals surface area contributed by atoms with Gasteiger partial charge in [0.2, 0.25) is 0 Å². The molecule has 2 aromatic rings. The van der Waals surface area contributed by atoms with E-state index in [1.807, 2.05) is 36.4 Å². The van der Waals surface area contributed by atoms with Gasteiger partial charge in [0.05, 0.1) is 7.11 Å². The minimum atomic E-state index is -0.553. The highest BCUT2D eigenvalue weighted by Crippen LogP contribution is 2.19. The summed E-state index contributed by atoms with van der Waals surface area (Å²) in [6.07, 6.45) is 1.34. The number of hydrogen-bond acceptors (Lipinski definition) is 3. The largest absolute Gasteiger partial charge is 0.494 e. The summed E-state index contributed by atoms with van der Waals surface area (Å²) in [5.74, 6) is -0.954. The van der Waals surface area contributed by atoms with Gasteiger partial charge in [-0.15, -0.1) is 0 Å². The number of halogens is 1. The zero-order valence-electron chi connectivity index (χ0n) is 12.5. The number of rotatable bonds is 5. The van der Waals surface area contributed by atoms with Crippen LogP contribution in [0.1, 0.15) is 11.1 Å². The summed E-state index contributed by atoms with van der Waals surface area (Å²) in [6, 6.07) is 15.4. The molecule has 0 saturated heterocycles. The van der Waals surface area contributed by atoms with Gasteiger partial charge in [0.25, 0.3) is 5.91 Å². The maximum atomic E-state index is 13.6. The maximum Gasteiger partial charge on any atom is 0.262 e. The van der Waals surface area contributed by atoms with Gasteiger partial charge in [-0.3, -0.25) is 4.79 Å². The van der Waals surface area contributed by atoms with E-state index in [0.717, 1.165) is 5.56 Å². The quantitative estimate of drug-likeness (QED) is 0.682. The second-order valence-electron chi connectivity index (χ2n) is 4.73. The molecule has 4 nitrogen and oxygen atoms in total. The third-order valence-corrected chi connectivity index (χ3v) is 3.15. The number of methoxy groups -OCH3 is 1. The number of benzene rings is 2. The highest BCUT2D eigenvalue weighted by atomic mass is 19.1. The number of nitriles is 1. The molecule has 0 unspecified atom stereocenters. The van der Waals surface area contributed by atoms with E-state index in [-0.39, 0.29) is 11.3 Å². The molecule has 116 valence electrons. The third kappa shape index (κ3) is 4.42. The van der Waals surface area contributed by atoms with Gasteiger partial charge in [-0.1, -0.05) is 36.4 Å². The van der Waals surface area contributed by atoms with Crippen molar-refractivity contribution < 1.29 is 13.9 Å². The van der Waals surface area contributed by atoms with Crippen molar-refractivity contribution in [3.05, 3.63) is 71.0 Å². The van der Waals surface area contributed by atoms with Crippen LogP contribution in [0.15, 0.2) is 54.1 Å². The van der Waals surface area contributed by atoms with Gasteiger partial charge in [0.15, 0.2) is 11.6 Å². The first-order valence-electron chi connectivity index (χ1n) is 6.91. The van der Waals surface area contributed by atoms with Crippen LogP contribution in [0, 0.1) is 17.1 Å². The maximum absolute atomic E-state index is 13.6. The number of carbonyl (C=O) groups excluding carboxylic acids is 1. The van der Waals surface area contributed by atoms with Crippen molar-refractivity contribution >= 4 is 12.0 Å². The standard InChI is InChI=1S/C18H15FN2O2/c1-23-17-8-7-14(10-16(17)19)9-15(11-20)18(22)21-12-13-5-3-2-4-6-13/h2-10H,12H2,1H3,(H,21,22)/b15-9+. The van der Waals surface area contributed by atoms with E-state index < -0.39 is 11.7 Å². The van der Waals surface area contributed by atoms with E-state index in [1.54, 1.807) is 6.07 Å². The van der Waals surface area contributed by atoms with Crippen LogP contribution in [0.25, 0.3) is 6.08 Å². The van der Waals surface area contributed by atoms with Crippen LogP contribution in [-0.2, 0) is 11.3 Å². The zero-order valence-corrected chi connectivity index (χ0v) is 12.5. The molecule has 2 aromatic carbocycles. The lowest BCUT2D eigenvalue weighted by atomic mass is 10.1. The van der Waals surface area contributed by atoms with Gasteiger partial charge in [-0.05, 0) is 29.3 Å². The molecule has 0 saturated carbocycles. The second kappa shape index (κ2) is 7.76. The Bertz CT molecular complexity index is 764. The summed E-state index contributed by atoms with van der Waals surface area (Å²) in [7, 11) is 1.37. The number of nitrogens with zero attached hydrogens (tertiary/aromatic N) is 1. The topological polar surface area (TPSA) is 62.1 Å². The van der Waals surface area contributed by atoms with Gasteiger partial charge in [-0.25, -0.2) is 4.39 Å². The third-order valence-electron chi connectivity index (χ3n) is 3.15. The first-order chi connectivity index (χ1) is 11.1. The minimum Gasteiger partial charge on any atom is -0.494 e. The van der Waals surface area contributed by atoms with E-state index in [2.05, 4.69) is 5.32 Å². The number of amides is 1. The molecule has 0 aromatic heterocycles. The summed E-state index contributed by atoms with van der Waals surface area (Å²) in [5.41, 5.74) is 1.24. The molecule has 0 fully saturated rings. The Morgan fingerprint density at radius 2 is 2.04 bits per heavy atom. The molecule has 0 aliphatic rings. The fourth-order valence-corrected chi connectivity index (χ4v) is 1.96. The van der Waals surface area contributed by atoms with Crippen LogP contribution in [-0.4, -0.2) is 13.0 Å². The number of ether oxygens (including phenoxy) is 1. The summed E-state index contributed by atoms with van der Waals surface area (Å²) >= 11 is 0. The Morgan fingerprint density at radius 1 is 1.30 bits per heavy atom. The van der Waals surface area contributed by atoms with Crippen molar-refractivity contribution in [3.8, 4) is 11.8 Å². The van der Waals surface area contributed by atoms with Crippen LogP contribution >= 0.6 is 0 Å². The smallest absolute Gasteiger partial charge is 0.262 e. The first kappa shape index (κ1) is 16.2. The van der Waals surface area contributed by atoms with E-state index >= 15 is 0 Å². The molecule has 0 bridgehead atoms. The Hall–Kier alpha value is -3.13. The highest BCUT2D eigenvalue weighted by molar-refractivity contribution is 6.01. The SMILES string of the molecule is COc1ccc(/C=C(\C#N)C(=O)NCc2ccccc2)cc1F. The lowest BCUT2D eigenvalue weighted by Crippen LogP contribution is -2.23. The van der Waals surface area contributed by atoms with Gasteiger partial charge >= 0.3 is 0 Å². The Balaban J connectivity index is 2.10. The highest BCUT2D eigenvalue weighted by Gasteiger charge is 2.10. The van der Waals surface area contributed by atoms with Crippen LogP contribution in [0.3, 0.4) is 0 Å². The second-order valence-corrected chi connectivity index (χ2v) is 4.73. The van der Waals surface area contributed by atoms with Gasteiger partial charge < -0.3 is 10.1 Å². The lowest BCUT2D eigenvalue weighted by Gasteiger charge is -2.05. The Kier molecular flexibility index (Phi) is 5.48. The monoisotopic (exact) mass is 310 g/mol. The number of carbonyl (C=O) groups is 1. The molecule has 0 heterocycles. The molecule has 23 heavy (non-hydrogen) atoms. The van der Waals surface area contributed by atoms with E-state index in [9.17, 15) is 9.18 Å². The summed E-state index contributed by atoms with van der Waals surface area (Å²) < 4.78 is 18.5.